The minimum absolute atomic E-state index is 0.152. The third-order valence-corrected chi connectivity index (χ3v) is 6.86. The molecule has 0 fully saturated rings. The summed E-state index contributed by atoms with van der Waals surface area (Å²) in [5.41, 5.74) is 8.51. The first kappa shape index (κ1) is 24.4. The minimum Gasteiger partial charge on any atom is -0.339 e. The Morgan fingerprint density at radius 2 is 0.865 bits per heavy atom. The summed E-state index contributed by atoms with van der Waals surface area (Å²) in [5, 5.41) is 0. The molecule has 0 N–H and O–H groups in total. The first-order chi connectivity index (χ1) is 18.1. The molecule has 0 aliphatic heterocycles. The fourth-order valence-corrected chi connectivity index (χ4v) is 5.05. The third-order valence-electron chi connectivity index (χ3n) is 6.86. The van der Waals surface area contributed by atoms with Gasteiger partial charge in [-0.15, -0.1) is 0 Å². The number of benzene rings is 5. The van der Waals surface area contributed by atoms with E-state index in [0.717, 1.165) is 0 Å². The largest absolute Gasteiger partial charge is 0.339 e. The number of anilines is 4. The fourth-order valence-electron chi connectivity index (χ4n) is 5.05. The van der Waals surface area contributed by atoms with Crippen LogP contribution in [0, 0.1) is 0 Å². The van der Waals surface area contributed by atoms with Crippen LogP contribution < -0.4 is 9.80 Å². The Morgan fingerprint density at radius 3 is 1.41 bits per heavy atom. The second-order valence-electron chi connectivity index (χ2n) is 9.69. The van der Waals surface area contributed by atoms with Crippen molar-refractivity contribution in [3.63, 3.8) is 0 Å². The summed E-state index contributed by atoms with van der Waals surface area (Å²) in [4.78, 5) is 4.83. The predicted molar refractivity (Wildman–Crippen MR) is 159 cm³/mol. The molecular weight excluding hydrogens is 448 g/mol. The molecule has 5 rings (SSSR count). The molecule has 0 saturated heterocycles. The average molecular weight is 483 g/mol. The second kappa shape index (κ2) is 11.2. The number of hydrogen-bond acceptors (Lipinski definition) is 2. The normalized spacial score (nSPS) is 11.8. The molecule has 0 aliphatic carbocycles. The topological polar surface area (TPSA) is 6.48 Å². The van der Waals surface area contributed by atoms with Gasteiger partial charge in [0.25, 0.3) is 0 Å². The maximum Gasteiger partial charge on any atom is 0.0564 e. The first-order valence-electron chi connectivity index (χ1n) is 13.1. The van der Waals surface area contributed by atoms with Crippen molar-refractivity contribution in [2.75, 3.05) is 9.80 Å². The number of hydrogen-bond donors (Lipinski definition) is 0. The maximum atomic E-state index is 2.42. The zero-order valence-corrected chi connectivity index (χ0v) is 21.8. The summed E-state index contributed by atoms with van der Waals surface area (Å²) in [6, 6.07) is 50.2. The Bertz CT molecular complexity index is 1360. The van der Waals surface area contributed by atoms with E-state index >= 15 is 0 Å². The molecule has 184 valence electrons. The van der Waals surface area contributed by atoms with Crippen LogP contribution in [0.3, 0.4) is 0 Å². The van der Waals surface area contributed by atoms with Crippen LogP contribution in [0.25, 0.3) is 11.1 Å². The van der Waals surface area contributed by atoms with Crippen LogP contribution in [-0.2, 0) is 0 Å². The van der Waals surface area contributed by atoms with Crippen LogP contribution in [0.1, 0.15) is 32.4 Å². The zero-order chi connectivity index (χ0) is 25.6. The lowest BCUT2D eigenvalue weighted by atomic mass is 10.0. The van der Waals surface area contributed by atoms with Crippen molar-refractivity contribution < 1.29 is 0 Å². The van der Waals surface area contributed by atoms with Crippen LogP contribution in [-0.4, -0.2) is 6.04 Å². The van der Waals surface area contributed by atoms with Crippen molar-refractivity contribution in [3.05, 3.63) is 145 Å². The molecule has 2 nitrogen and oxygen atoms in total. The standard InChI is InChI=1S/C35H34N2/c1-27(2)36(34-24-22-30(23-25-34)29-14-7-4-8-15-29)35-21-13-16-31(26-35)28(3)37(32-17-9-5-10-18-32)33-19-11-6-12-20-33/h4-28H,1-3H3. The monoisotopic (exact) mass is 482 g/mol. The van der Waals surface area contributed by atoms with Crippen molar-refractivity contribution >= 4 is 22.7 Å². The van der Waals surface area contributed by atoms with Gasteiger partial charge in [-0.2, -0.15) is 0 Å². The molecule has 0 bridgehead atoms. The van der Waals surface area contributed by atoms with Crippen molar-refractivity contribution in [3.8, 4) is 11.1 Å². The number of rotatable bonds is 8. The first-order valence-corrected chi connectivity index (χ1v) is 13.1. The van der Waals surface area contributed by atoms with Gasteiger partial charge in [0.05, 0.1) is 6.04 Å². The van der Waals surface area contributed by atoms with Gasteiger partial charge in [-0.1, -0.05) is 91.0 Å². The summed E-state index contributed by atoms with van der Waals surface area (Å²) < 4.78 is 0. The Hall–Kier alpha value is -4.30. The van der Waals surface area contributed by atoms with E-state index in [1.54, 1.807) is 0 Å². The molecule has 1 atom stereocenters. The quantitative estimate of drug-likeness (QED) is 0.217. The van der Waals surface area contributed by atoms with Gasteiger partial charge in [0.1, 0.15) is 0 Å². The van der Waals surface area contributed by atoms with E-state index in [0.29, 0.717) is 6.04 Å². The van der Waals surface area contributed by atoms with Crippen molar-refractivity contribution in [2.45, 2.75) is 32.9 Å². The average Bonchev–Trinajstić information content (AvgIpc) is 2.95. The summed E-state index contributed by atoms with van der Waals surface area (Å²) in [6.07, 6.45) is 0. The van der Waals surface area contributed by atoms with Gasteiger partial charge >= 0.3 is 0 Å². The van der Waals surface area contributed by atoms with Crippen LogP contribution in [0.2, 0.25) is 0 Å². The van der Waals surface area contributed by atoms with Crippen LogP contribution >= 0.6 is 0 Å². The van der Waals surface area contributed by atoms with E-state index in [9.17, 15) is 0 Å². The molecule has 5 aromatic carbocycles. The van der Waals surface area contributed by atoms with Gasteiger partial charge in [0.2, 0.25) is 0 Å². The molecule has 0 heterocycles. The third kappa shape index (κ3) is 5.44. The van der Waals surface area contributed by atoms with Gasteiger partial charge < -0.3 is 9.80 Å². The van der Waals surface area contributed by atoms with Gasteiger partial charge in [-0.3, -0.25) is 0 Å². The van der Waals surface area contributed by atoms with Gasteiger partial charge in [0.15, 0.2) is 0 Å². The highest BCUT2D eigenvalue weighted by Gasteiger charge is 2.20. The molecule has 0 amide bonds. The molecular formula is C35H34N2. The maximum absolute atomic E-state index is 2.42. The van der Waals surface area contributed by atoms with Gasteiger partial charge in [-0.05, 0) is 86.0 Å². The molecule has 0 aromatic heterocycles. The van der Waals surface area contributed by atoms with Gasteiger partial charge in [0, 0.05) is 28.8 Å². The van der Waals surface area contributed by atoms with Crippen LogP contribution in [0.15, 0.2) is 140 Å². The lowest BCUT2D eigenvalue weighted by molar-refractivity contribution is 0.765. The SMILES string of the molecule is CC(C)N(c1ccc(-c2ccccc2)cc1)c1cccc(C(C)N(c2ccccc2)c2ccccc2)c1. The second-order valence-corrected chi connectivity index (χ2v) is 9.69. The fraction of sp³-hybridized carbons (Fsp3) is 0.143. The molecule has 0 radical (unpaired) electrons. The molecule has 5 aromatic rings. The summed E-state index contributed by atoms with van der Waals surface area (Å²) in [6.45, 7) is 6.79. The molecule has 0 aliphatic rings. The highest BCUT2D eigenvalue weighted by molar-refractivity contribution is 5.71. The molecule has 0 spiro atoms. The Labute approximate surface area is 221 Å². The van der Waals surface area contributed by atoms with Crippen molar-refractivity contribution in [2.24, 2.45) is 0 Å². The smallest absolute Gasteiger partial charge is 0.0564 e. The summed E-state index contributed by atoms with van der Waals surface area (Å²) in [7, 11) is 0. The summed E-state index contributed by atoms with van der Waals surface area (Å²) in [5.74, 6) is 0. The lowest BCUT2D eigenvalue weighted by Gasteiger charge is -2.34. The van der Waals surface area contributed by atoms with E-state index < -0.39 is 0 Å². The summed E-state index contributed by atoms with van der Waals surface area (Å²) >= 11 is 0. The number of nitrogens with zero attached hydrogens (tertiary/aromatic N) is 2. The van der Waals surface area contributed by atoms with E-state index in [1.807, 2.05) is 0 Å². The number of para-hydroxylation sites is 2. The van der Waals surface area contributed by atoms with E-state index in [1.165, 1.54) is 39.4 Å². The van der Waals surface area contributed by atoms with Gasteiger partial charge in [-0.25, -0.2) is 0 Å². The van der Waals surface area contributed by atoms with Crippen LogP contribution in [0.5, 0.6) is 0 Å². The van der Waals surface area contributed by atoms with Crippen LogP contribution in [0.4, 0.5) is 22.7 Å². The minimum atomic E-state index is 0.152. The van der Waals surface area contributed by atoms with E-state index in [2.05, 4.69) is 170 Å². The molecule has 0 saturated carbocycles. The molecule has 37 heavy (non-hydrogen) atoms. The van der Waals surface area contributed by atoms with Crippen molar-refractivity contribution in [1.82, 2.24) is 0 Å². The Morgan fingerprint density at radius 1 is 0.405 bits per heavy atom. The lowest BCUT2D eigenvalue weighted by Crippen LogP contribution is -2.26. The Balaban J connectivity index is 1.49. The van der Waals surface area contributed by atoms with Crippen molar-refractivity contribution in [1.29, 1.82) is 0 Å². The molecule has 2 heteroatoms. The highest BCUT2D eigenvalue weighted by atomic mass is 15.2. The molecule has 1 unspecified atom stereocenters. The highest BCUT2D eigenvalue weighted by Crippen LogP contribution is 2.37. The zero-order valence-electron chi connectivity index (χ0n) is 21.8. The predicted octanol–water partition coefficient (Wildman–Crippen LogP) is 9.80. The van der Waals surface area contributed by atoms with E-state index in [-0.39, 0.29) is 6.04 Å². The Kier molecular flexibility index (Phi) is 7.37. The van der Waals surface area contributed by atoms with E-state index in [4.69, 9.17) is 0 Å².